The number of hydrogen-bond acceptors (Lipinski definition) is 2. The molecule has 2 unspecified atom stereocenters. The minimum absolute atomic E-state index is 0.292. The van der Waals surface area contributed by atoms with Crippen molar-refractivity contribution < 1.29 is 4.74 Å². The van der Waals surface area contributed by atoms with Gasteiger partial charge in [0.1, 0.15) is 0 Å². The fraction of sp³-hybridized carbons (Fsp3) is 1.00. The van der Waals surface area contributed by atoms with Crippen molar-refractivity contribution in [1.29, 1.82) is 0 Å². The van der Waals surface area contributed by atoms with Gasteiger partial charge in [0.25, 0.3) is 0 Å². The highest BCUT2D eigenvalue weighted by molar-refractivity contribution is 4.88. The van der Waals surface area contributed by atoms with Gasteiger partial charge in [0.05, 0.1) is 6.10 Å². The van der Waals surface area contributed by atoms with E-state index in [2.05, 4.69) is 20.8 Å². The first-order chi connectivity index (χ1) is 7.98. The number of ether oxygens (including phenoxy) is 1. The molecule has 1 aliphatic heterocycles. The zero-order valence-electron chi connectivity index (χ0n) is 11.7. The van der Waals surface area contributed by atoms with E-state index in [-0.39, 0.29) is 0 Å². The van der Waals surface area contributed by atoms with Crippen LogP contribution >= 0.6 is 0 Å². The van der Waals surface area contributed by atoms with Crippen molar-refractivity contribution in [3.05, 3.63) is 0 Å². The van der Waals surface area contributed by atoms with Crippen molar-refractivity contribution in [2.45, 2.75) is 71.4 Å². The van der Waals surface area contributed by atoms with Gasteiger partial charge in [-0.1, -0.05) is 20.8 Å². The van der Waals surface area contributed by atoms with E-state index in [1.807, 2.05) is 0 Å². The summed E-state index contributed by atoms with van der Waals surface area (Å²) in [5.74, 6) is 1.61. The molecule has 1 heterocycles. The van der Waals surface area contributed by atoms with Gasteiger partial charge >= 0.3 is 0 Å². The van der Waals surface area contributed by atoms with Gasteiger partial charge in [-0.05, 0) is 55.8 Å². The topological polar surface area (TPSA) is 35.2 Å². The van der Waals surface area contributed by atoms with E-state index < -0.39 is 0 Å². The molecule has 1 aliphatic carbocycles. The van der Waals surface area contributed by atoms with Crippen molar-refractivity contribution in [1.82, 2.24) is 0 Å². The lowest BCUT2D eigenvalue weighted by molar-refractivity contribution is -0.0509. The van der Waals surface area contributed by atoms with Crippen molar-refractivity contribution in [2.24, 2.45) is 23.0 Å². The monoisotopic (exact) mass is 239 g/mol. The predicted octanol–water partition coefficient (Wildman–Crippen LogP) is 3.35. The lowest BCUT2D eigenvalue weighted by Gasteiger charge is -2.42. The summed E-state index contributed by atoms with van der Waals surface area (Å²) >= 11 is 0. The van der Waals surface area contributed by atoms with E-state index >= 15 is 0 Å². The Morgan fingerprint density at radius 3 is 2.18 bits per heavy atom. The number of nitrogens with two attached hydrogens (primary N) is 1. The normalized spacial score (nSPS) is 40.2. The predicted molar refractivity (Wildman–Crippen MR) is 71.9 cm³/mol. The van der Waals surface area contributed by atoms with Crippen LogP contribution in [0.1, 0.15) is 59.3 Å². The zero-order valence-corrected chi connectivity index (χ0v) is 11.7. The van der Waals surface area contributed by atoms with E-state index in [0.29, 0.717) is 17.6 Å². The quantitative estimate of drug-likeness (QED) is 0.761. The second kappa shape index (κ2) is 5.27. The first-order valence-electron chi connectivity index (χ1n) is 7.35. The third kappa shape index (κ3) is 3.23. The molecule has 2 rings (SSSR count). The molecule has 2 aliphatic rings. The molecule has 0 aromatic rings. The summed E-state index contributed by atoms with van der Waals surface area (Å²) in [5.41, 5.74) is 6.68. The van der Waals surface area contributed by atoms with Gasteiger partial charge < -0.3 is 10.5 Å². The molecule has 0 radical (unpaired) electrons. The second-order valence-electron chi connectivity index (χ2n) is 7.12. The Morgan fingerprint density at radius 2 is 1.65 bits per heavy atom. The van der Waals surface area contributed by atoms with Crippen LogP contribution in [0.3, 0.4) is 0 Å². The van der Waals surface area contributed by atoms with E-state index in [0.717, 1.165) is 31.3 Å². The van der Waals surface area contributed by atoms with E-state index in [4.69, 9.17) is 10.5 Å². The van der Waals surface area contributed by atoms with Gasteiger partial charge in [-0.2, -0.15) is 0 Å². The fourth-order valence-corrected chi connectivity index (χ4v) is 3.63. The molecular weight excluding hydrogens is 210 g/mol. The van der Waals surface area contributed by atoms with Crippen LogP contribution in [-0.4, -0.2) is 18.8 Å². The Hall–Kier alpha value is -0.0800. The Bertz CT molecular complexity index is 238. The van der Waals surface area contributed by atoms with Crippen LogP contribution in [-0.2, 0) is 4.74 Å². The highest BCUT2D eigenvalue weighted by Gasteiger charge is 2.36. The van der Waals surface area contributed by atoms with Crippen LogP contribution in [0, 0.1) is 17.3 Å². The van der Waals surface area contributed by atoms with Crippen LogP contribution in [0.2, 0.25) is 0 Å². The van der Waals surface area contributed by atoms with Crippen molar-refractivity contribution in [3.8, 4) is 0 Å². The highest BCUT2D eigenvalue weighted by Crippen LogP contribution is 2.42. The molecule has 2 N–H and O–H groups in total. The molecule has 0 spiro atoms. The summed E-state index contributed by atoms with van der Waals surface area (Å²) in [7, 11) is 0. The summed E-state index contributed by atoms with van der Waals surface area (Å²) in [6, 6.07) is 0.292. The minimum Gasteiger partial charge on any atom is -0.376 e. The molecule has 2 nitrogen and oxygen atoms in total. The summed E-state index contributed by atoms with van der Waals surface area (Å²) < 4.78 is 5.93. The molecule has 0 amide bonds. The third-order valence-corrected chi connectivity index (χ3v) is 4.88. The Morgan fingerprint density at radius 1 is 1.00 bits per heavy atom. The van der Waals surface area contributed by atoms with E-state index in [1.165, 1.54) is 25.7 Å². The zero-order chi connectivity index (χ0) is 12.5. The second-order valence-corrected chi connectivity index (χ2v) is 7.12. The smallest absolute Gasteiger partial charge is 0.0753 e. The first-order valence-corrected chi connectivity index (χ1v) is 7.35. The van der Waals surface area contributed by atoms with Crippen molar-refractivity contribution in [2.75, 3.05) is 6.61 Å². The molecule has 2 atom stereocenters. The lowest BCUT2D eigenvalue weighted by Crippen LogP contribution is -2.46. The maximum absolute atomic E-state index is 6.21. The molecule has 2 heteroatoms. The van der Waals surface area contributed by atoms with Crippen molar-refractivity contribution >= 4 is 0 Å². The third-order valence-electron chi connectivity index (χ3n) is 4.88. The molecular formula is C15H29NO. The van der Waals surface area contributed by atoms with Gasteiger partial charge in [-0.3, -0.25) is 0 Å². The van der Waals surface area contributed by atoms with Crippen LogP contribution in [0.5, 0.6) is 0 Å². The molecule has 100 valence electrons. The molecule has 1 saturated carbocycles. The maximum Gasteiger partial charge on any atom is 0.0753 e. The molecule has 0 aromatic heterocycles. The SMILES string of the molecule is CC(C)(C)C1CCC(C2OCCCC2N)CC1. The number of hydrogen-bond donors (Lipinski definition) is 1. The summed E-state index contributed by atoms with van der Waals surface area (Å²) in [5, 5.41) is 0. The molecule has 0 aromatic carbocycles. The van der Waals surface area contributed by atoms with Gasteiger partial charge in [0, 0.05) is 12.6 Å². The molecule has 17 heavy (non-hydrogen) atoms. The van der Waals surface area contributed by atoms with Gasteiger partial charge in [0.2, 0.25) is 0 Å². The first kappa shape index (κ1) is 13.4. The molecule has 1 saturated heterocycles. The average molecular weight is 239 g/mol. The van der Waals surface area contributed by atoms with Crippen LogP contribution in [0.15, 0.2) is 0 Å². The van der Waals surface area contributed by atoms with Gasteiger partial charge in [-0.25, -0.2) is 0 Å². The van der Waals surface area contributed by atoms with Crippen molar-refractivity contribution in [3.63, 3.8) is 0 Å². The highest BCUT2D eigenvalue weighted by atomic mass is 16.5. The standard InChI is InChI=1S/C15H29NO/c1-15(2,3)12-8-6-11(7-9-12)14-13(16)5-4-10-17-14/h11-14H,4-10,16H2,1-3H3. The molecule has 2 fully saturated rings. The minimum atomic E-state index is 0.292. The van der Waals surface area contributed by atoms with Crippen LogP contribution in [0.25, 0.3) is 0 Å². The largest absolute Gasteiger partial charge is 0.376 e. The summed E-state index contributed by atoms with van der Waals surface area (Å²) in [6.07, 6.45) is 8.02. The summed E-state index contributed by atoms with van der Waals surface area (Å²) in [6.45, 7) is 8.06. The fourth-order valence-electron chi connectivity index (χ4n) is 3.63. The Kier molecular flexibility index (Phi) is 4.14. The van der Waals surface area contributed by atoms with Gasteiger partial charge in [-0.15, -0.1) is 0 Å². The lowest BCUT2D eigenvalue weighted by atomic mass is 9.68. The Labute approximate surface area is 106 Å². The Balaban J connectivity index is 1.86. The van der Waals surface area contributed by atoms with Crippen LogP contribution in [0.4, 0.5) is 0 Å². The number of rotatable bonds is 1. The molecule has 0 bridgehead atoms. The van der Waals surface area contributed by atoms with Crippen LogP contribution < -0.4 is 5.73 Å². The average Bonchev–Trinajstić information content (AvgIpc) is 2.29. The van der Waals surface area contributed by atoms with E-state index in [9.17, 15) is 0 Å². The van der Waals surface area contributed by atoms with Gasteiger partial charge in [0.15, 0.2) is 0 Å². The summed E-state index contributed by atoms with van der Waals surface area (Å²) in [4.78, 5) is 0. The maximum atomic E-state index is 6.21. The van der Waals surface area contributed by atoms with E-state index in [1.54, 1.807) is 0 Å².